The largest absolute Gasteiger partial charge is 0.467 e. The van der Waals surface area contributed by atoms with Crippen molar-refractivity contribution in [2.75, 3.05) is 5.32 Å². The van der Waals surface area contributed by atoms with Crippen LogP contribution in [0.2, 0.25) is 0 Å². The minimum absolute atomic E-state index is 0.163. The number of halogens is 1. The van der Waals surface area contributed by atoms with Crippen LogP contribution in [-0.4, -0.2) is 23.9 Å². The lowest BCUT2D eigenvalue weighted by Crippen LogP contribution is -2.46. The molecule has 0 aliphatic carbocycles. The Morgan fingerprint density at radius 3 is 2.68 bits per heavy atom. The molecule has 2 aromatic rings. The number of carbonyl (C=O) groups is 3. The molecule has 4 amide bonds. The fraction of sp³-hybridized carbons (Fsp3) is 0.188. The van der Waals surface area contributed by atoms with Crippen LogP contribution >= 0.6 is 0 Å². The van der Waals surface area contributed by atoms with E-state index in [1.54, 1.807) is 12.1 Å². The average molecular weight is 348 g/mol. The molecule has 1 unspecified atom stereocenters. The lowest BCUT2D eigenvalue weighted by Gasteiger charge is -2.14. The molecule has 0 aliphatic rings. The van der Waals surface area contributed by atoms with E-state index in [2.05, 4.69) is 16.0 Å². The topological polar surface area (TPSA) is 126 Å². The summed E-state index contributed by atoms with van der Waals surface area (Å²) in [6, 6.07) is 5.26. The second kappa shape index (κ2) is 7.95. The van der Waals surface area contributed by atoms with Crippen molar-refractivity contribution in [1.82, 2.24) is 10.6 Å². The van der Waals surface area contributed by atoms with Crippen LogP contribution in [0.25, 0.3) is 0 Å². The van der Waals surface area contributed by atoms with Gasteiger partial charge in [-0.25, -0.2) is 9.18 Å². The Kier molecular flexibility index (Phi) is 5.72. The molecule has 9 heteroatoms. The molecule has 25 heavy (non-hydrogen) atoms. The Morgan fingerprint density at radius 1 is 1.28 bits per heavy atom. The zero-order valence-electron chi connectivity index (χ0n) is 13.3. The second-order valence-electron chi connectivity index (χ2n) is 5.18. The summed E-state index contributed by atoms with van der Waals surface area (Å²) in [7, 11) is 0. The van der Waals surface area contributed by atoms with Gasteiger partial charge >= 0.3 is 6.03 Å². The highest BCUT2D eigenvalue weighted by molar-refractivity contribution is 5.97. The maximum absolute atomic E-state index is 13.4. The van der Waals surface area contributed by atoms with Gasteiger partial charge in [0, 0.05) is 5.69 Å². The standard InChI is InChI=1S/C16H17FN4O4/c1-9(15(23)19-8-11-3-2-6-25-11)20-16(24)21-10-4-5-13(17)12(7-10)14(18)22/h2-7,9H,8H2,1H3,(H2,18,22)(H,19,23)(H2,20,21,24). The maximum atomic E-state index is 13.4. The molecule has 0 saturated heterocycles. The SMILES string of the molecule is CC(NC(=O)Nc1ccc(F)c(C(N)=O)c1)C(=O)NCc1ccco1. The van der Waals surface area contributed by atoms with Gasteiger partial charge in [0.05, 0.1) is 18.4 Å². The van der Waals surface area contributed by atoms with Crippen molar-refractivity contribution in [2.24, 2.45) is 5.73 Å². The number of furan rings is 1. The van der Waals surface area contributed by atoms with Gasteiger partial charge in [-0.2, -0.15) is 0 Å². The quantitative estimate of drug-likeness (QED) is 0.628. The van der Waals surface area contributed by atoms with Gasteiger partial charge in [0.2, 0.25) is 5.91 Å². The molecular weight excluding hydrogens is 331 g/mol. The first-order valence-electron chi connectivity index (χ1n) is 7.34. The maximum Gasteiger partial charge on any atom is 0.319 e. The number of nitrogens with two attached hydrogens (primary N) is 1. The highest BCUT2D eigenvalue weighted by Crippen LogP contribution is 2.14. The molecule has 0 fully saturated rings. The van der Waals surface area contributed by atoms with Crippen molar-refractivity contribution in [1.29, 1.82) is 0 Å². The summed E-state index contributed by atoms with van der Waals surface area (Å²) in [5.74, 6) is -1.57. The Balaban J connectivity index is 1.87. The number of urea groups is 1. The summed E-state index contributed by atoms with van der Waals surface area (Å²) < 4.78 is 18.5. The Morgan fingerprint density at radius 2 is 2.04 bits per heavy atom. The van der Waals surface area contributed by atoms with E-state index >= 15 is 0 Å². The molecule has 0 bridgehead atoms. The number of primary amides is 1. The predicted molar refractivity (Wildman–Crippen MR) is 87.1 cm³/mol. The van der Waals surface area contributed by atoms with E-state index in [1.807, 2.05) is 0 Å². The number of benzene rings is 1. The van der Waals surface area contributed by atoms with Crippen molar-refractivity contribution >= 4 is 23.5 Å². The number of nitrogens with one attached hydrogen (secondary N) is 3. The minimum atomic E-state index is -0.952. The van der Waals surface area contributed by atoms with E-state index < -0.39 is 29.7 Å². The van der Waals surface area contributed by atoms with Crippen molar-refractivity contribution in [2.45, 2.75) is 19.5 Å². The van der Waals surface area contributed by atoms with E-state index in [0.717, 1.165) is 12.1 Å². The molecule has 0 aliphatic heterocycles. The number of amides is 4. The highest BCUT2D eigenvalue weighted by atomic mass is 19.1. The van der Waals surface area contributed by atoms with Crippen molar-refractivity contribution in [3.63, 3.8) is 0 Å². The molecule has 8 nitrogen and oxygen atoms in total. The zero-order chi connectivity index (χ0) is 18.4. The fourth-order valence-corrected chi connectivity index (χ4v) is 1.96. The van der Waals surface area contributed by atoms with Gasteiger partial charge in [-0.1, -0.05) is 0 Å². The third-order valence-corrected chi connectivity index (χ3v) is 3.25. The highest BCUT2D eigenvalue weighted by Gasteiger charge is 2.16. The first-order valence-corrected chi connectivity index (χ1v) is 7.34. The Labute approximate surface area is 142 Å². The predicted octanol–water partition coefficient (Wildman–Crippen LogP) is 1.34. The first kappa shape index (κ1) is 18.0. The van der Waals surface area contributed by atoms with E-state index in [4.69, 9.17) is 10.2 Å². The summed E-state index contributed by atoms with van der Waals surface area (Å²) >= 11 is 0. The summed E-state index contributed by atoms with van der Waals surface area (Å²) in [6.07, 6.45) is 1.49. The first-order chi connectivity index (χ1) is 11.9. The summed E-state index contributed by atoms with van der Waals surface area (Å²) in [5.41, 5.74) is 4.86. The fourth-order valence-electron chi connectivity index (χ4n) is 1.96. The minimum Gasteiger partial charge on any atom is -0.467 e. The molecule has 1 heterocycles. The molecule has 0 saturated carbocycles. The zero-order valence-corrected chi connectivity index (χ0v) is 13.3. The summed E-state index contributed by atoms with van der Waals surface area (Å²) in [5, 5.41) is 7.42. The van der Waals surface area contributed by atoms with E-state index in [9.17, 15) is 18.8 Å². The van der Waals surface area contributed by atoms with Gasteiger partial charge in [-0.3, -0.25) is 9.59 Å². The molecule has 0 radical (unpaired) electrons. The molecule has 0 spiro atoms. The van der Waals surface area contributed by atoms with Gasteiger partial charge in [0.15, 0.2) is 0 Å². The number of anilines is 1. The van der Waals surface area contributed by atoms with Crippen LogP contribution in [0, 0.1) is 5.82 Å². The van der Waals surface area contributed by atoms with Crippen LogP contribution < -0.4 is 21.7 Å². The monoisotopic (exact) mass is 348 g/mol. The molecule has 132 valence electrons. The molecular formula is C16H17FN4O4. The summed E-state index contributed by atoms with van der Waals surface area (Å²) in [4.78, 5) is 34.9. The van der Waals surface area contributed by atoms with E-state index in [0.29, 0.717) is 5.76 Å². The van der Waals surface area contributed by atoms with E-state index in [1.165, 1.54) is 19.3 Å². The molecule has 1 aromatic heterocycles. The van der Waals surface area contributed by atoms with Crippen molar-refractivity contribution in [3.05, 3.63) is 53.7 Å². The Hall–Kier alpha value is -3.36. The Bertz CT molecular complexity index is 776. The van der Waals surface area contributed by atoms with Gasteiger partial charge in [0.1, 0.15) is 17.6 Å². The number of carbonyl (C=O) groups excluding carboxylic acids is 3. The second-order valence-corrected chi connectivity index (χ2v) is 5.18. The third-order valence-electron chi connectivity index (χ3n) is 3.25. The molecule has 1 aromatic carbocycles. The number of rotatable bonds is 6. The number of hydrogen-bond acceptors (Lipinski definition) is 4. The van der Waals surface area contributed by atoms with Crippen LogP contribution in [0.5, 0.6) is 0 Å². The van der Waals surface area contributed by atoms with Crippen LogP contribution in [0.1, 0.15) is 23.0 Å². The van der Waals surface area contributed by atoms with Crippen molar-refractivity contribution in [3.8, 4) is 0 Å². The van der Waals surface area contributed by atoms with Crippen LogP contribution in [-0.2, 0) is 11.3 Å². The number of hydrogen-bond donors (Lipinski definition) is 4. The smallest absolute Gasteiger partial charge is 0.319 e. The average Bonchev–Trinajstić information content (AvgIpc) is 3.07. The van der Waals surface area contributed by atoms with Crippen LogP contribution in [0.3, 0.4) is 0 Å². The van der Waals surface area contributed by atoms with Crippen molar-refractivity contribution < 1.29 is 23.2 Å². The lowest BCUT2D eigenvalue weighted by molar-refractivity contribution is -0.122. The van der Waals surface area contributed by atoms with E-state index in [-0.39, 0.29) is 17.8 Å². The van der Waals surface area contributed by atoms with Crippen LogP contribution in [0.15, 0.2) is 41.0 Å². The normalized spacial score (nSPS) is 11.4. The van der Waals surface area contributed by atoms with Gasteiger partial charge in [-0.05, 0) is 37.3 Å². The molecule has 1 atom stereocenters. The lowest BCUT2D eigenvalue weighted by atomic mass is 10.2. The van der Waals surface area contributed by atoms with Gasteiger partial charge in [0.25, 0.3) is 5.91 Å². The van der Waals surface area contributed by atoms with Crippen LogP contribution in [0.4, 0.5) is 14.9 Å². The molecule has 2 rings (SSSR count). The van der Waals surface area contributed by atoms with Gasteiger partial charge < -0.3 is 26.1 Å². The van der Waals surface area contributed by atoms with Gasteiger partial charge in [-0.15, -0.1) is 0 Å². The molecule has 5 N–H and O–H groups in total. The third kappa shape index (κ3) is 5.06. The summed E-state index contributed by atoms with van der Waals surface area (Å²) in [6.45, 7) is 1.69.